The standard InChI is InChI=1S/C8H17F3O2Si/c1-4-12-7(13-5-2)14-6(3)8(9,10)11/h6-7H,4-5,14H2,1-3H3. The normalized spacial score (nSPS) is 15.6. The van der Waals surface area contributed by atoms with Gasteiger partial charge in [0, 0.05) is 18.8 Å². The van der Waals surface area contributed by atoms with Crippen LogP contribution in [-0.4, -0.2) is 34.8 Å². The van der Waals surface area contributed by atoms with Gasteiger partial charge in [-0.1, -0.05) is 6.92 Å². The van der Waals surface area contributed by atoms with Crippen LogP contribution in [0.1, 0.15) is 20.8 Å². The largest absolute Gasteiger partial charge is 0.388 e. The lowest BCUT2D eigenvalue weighted by Crippen LogP contribution is -2.32. The molecule has 0 rings (SSSR count). The molecule has 0 radical (unpaired) electrons. The van der Waals surface area contributed by atoms with Gasteiger partial charge in [0.2, 0.25) is 0 Å². The zero-order valence-corrected chi connectivity index (χ0v) is 10.1. The summed E-state index contributed by atoms with van der Waals surface area (Å²) in [7, 11) is -1.45. The summed E-state index contributed by atoms with van der Waals surface area (Å²) in [5.74, 6) is -0.610. The van der Waals surface area contributed by atoms with Crippen LogP contribution in [0.25, 0.3) is 0 Å². The highest BCUT2D eigenvalue weighted by atomic mass is 28.2. The minimum absolute atomic E-state index is 0.391. The third kappa shape index (κ3) is 5.61. The molecule has 0 bridgehead atoms. The van der Waals surface area contributed by atoms with E-state index >= 15 is 0 Å². The predicted octanol–water partition coefficient (Wildman–Crippen LogP) is 1.88. The first-order valence-corrected chi connectivity index (χ1v) is 6.35. The summed E-state index contributed by atoms with van der Waals surface area (Å²) in [6, 6.07) is 0. The summed E-state index contributed by atoms with van der Waals surface area (Å²) in [6.07, 6.45) is -4.11. The van der Waals surface area contributed by atoms with Crippen molar-refractivity contribution in [3.8, 4) is 0 Å². The van der Waals surface area contributed by atoms with Gasteiger partial charge in [-0.3, -0.25) is 0 Å². The van der Waals surface area contributed by atoms with Gasteiger partial charge in [0.15, 0.2) is 0 Å². The fourth-order valence-electron chi connectivity index (χ4n) is 0.978. The van der Waals surface area contributed by atoms with Gasteiger partial charge >= 0.3 is 6.18 Å². The monoisotopic (exact) mass is 230 g/mol. The maximum Gasteiger partial charge on any atom is 0.388 e. The molecule has 0 N–H and O–H groups in total. The molecule has 0 amide bonds. The van der Waals surface area contributed by atoms with Crippen LogP contribution in [0, 0.1) is 0 Å². The van der Waals surface area contributed by atoms with Gasteiger partial charge in [-0.2, -0.15) is 13.2 Å². The second kappa shape index (κ2) is 6.42. The summed E-state index contributed by atoms with van der Waals surface area (Å²) >= 11 is 0. The van der Waals surface area contributed by atoms with Crippen molar-refractivity contribution >= 4 is 9.52 Å². The Labute approximate surface area is 84.6 Å². The van der Waals surface area contributed by atoms with Gasteiger partial charge in [-0.25, -0.2) is 0 Å². The summed E-state index contributed by atoms with van der Waals surface area (Å²) < 4.78 is 46.8. The van der Waals surface area contributed by atoms with E-state index in [1.807, 2.05) is 0 Å². The number of ether oxygens (including phenoxy) is 2. The molecule has 86 valence electrons. The molecule has 1 atom stereocenters. The number of hydrogen-bond acceptors (Lipinski definition) is 2. The summed E-state index contributed by atoms with van der Waals surface area (Å²) in [6.45, 7) is 5.47. The average Bonchev–Trinajstić information content (AvgIpc) is 2.03. The fourth-order valence-corrected chi connectivity index (χ4v) is 2.57. The van der Waals surface area contributed by atoms with E-state index in [1.54, 1.807) is 13.8 Å². The first kappa shape index (κ1) is 13.9. The molecule has 0 aliphatic carbocycles. The van der Waals surface area contributed by atoms with E-state index in [0.717, 1.165) is 0 Å². The van der Waals surface area contributed by atoms with Crippen molar-refractivity contribution in [1.29, 1.82) is 0 Å². The smallest absolute Gasteiger partial charge is 0.357 e. The highest BCUT2D eigenvalue weighted by Crippen LogP contribution is 2.30. The quantitative estimate of drug-likeness (QED) is 0.512. The van der Waals surface area contributed by atoms with Crippen molar-refractivity contribution in [2.75, 3.05) is 13.2 Å². The Kier molecular flexibility index (Phi) is 6.38. The van der Waals surface area contributed by atoms with Crippen LogP contribution in [0.4, 0.5) is 13.2 Å². The Morgan fingerprint density at radius 2 is 1.57 bits per heavy atom. The summed E-state index contributed by atoms with van der Waals surface area (Å²) in [4.78, 5) is 0. The van der Waals surface area contributed by atoms with Crippen molar-refractivity contribution < 1.29 is 22.6 Å². The maximum atomic E-state index is 12.2. The van der Waals surface area contributed by atoms with Crippen molar-refractivity contribution in [1.82, 2.24) is 0 Å². The van der Waals surface area contributed by atoms with Crippen LogP contribution in [0.5, 0.6) is 0 Å². The van der Waals surface area contributed by atoms with Crippen LogP contribution >= 0.6 is 0 Å². The van der Waals surface area contributed by atoms with E-state index in [2.05, 4.69) is 0 Å². The van der Waals surface area contributed by atoms with Crippen LogP contribution in [0.3, 0.4) is 0 Å². The number of alkyl halides is 3. The maximum absolute atomic E-state index is 12.2. The molecule has 1 unspecified atom stereocenters. The number of halogens is 3. The van der Waals surface area contributed by atoms with E-state index in [4.69, 9.17) is 9.47 Å². The van der Waals surface area contributed by atoms with Crippen molar-refractivity contribution in [3.63, 3.8) is 0 Å². The summed E-state index contributed by atoms with van der Waals surface area (Å²) in [5.41, 5.74) is -1.26. The highest BCUT2D eigenvalue weighted by Gasteiger charge is 2.37. The lowest BCUT2D eigenvalue weighted by molar-refractivity contribution is -0.136. The van der Waals surface area contributed by atoms with Crippen LogP contribution in [0.2, 0.25) is 5.54 Å². The molecule has 0 saturated heterocycles. The molecule has 0 spiro atoms. The topological polar surface area (TPSA) is 18.5 Å². The molecule has 14 heavy (non-hydrogen) atoms. The van der Waals surface area contributed by atoms with E-state index in [9.17, 15) is 13.2 Å². The van der Waals surface area contributed by atoms with Crippen molar-refractivity contribution in [2.24, 2.45) is 0 Å². The van der Waals surface area contributed by atoms with Gasteiger partial charge in [0.25, 0.3) is 0 Å². The molecular formula is C8H17F3O2Si. The number of hydrogen-bond donors (Lipinski definition) is 0. The van der Waals surface area contributed by atoms with E-state index < -0.39 is 27.2 Å². The Morgan fingerprint density at radius 1 is 1.14 bits per heavy atom. The average molecular weight is 230 g/mol. The van der Waals surface area contributed by atoms with Gasteiger partial charge in [-0.15, -0.1) is 0 Å². The second-order valence-electron chi connectivity index (χ2n) is 3.02. The Morgan fingerprint density at radius 3 is 1.86 bits per heavy atom. The zero-order chi connectivity index (χ0) is 11.2. The molecule has 0 aliphatic heterocycles. The SMILES string of the molecule is CCOC(OCC)[SiH2]C(C)C(F)(F)F. The van der Waals surface area contributed by atoms with Crippen LogP contribution in [-0.2, 0) is 9.47 Å². The molecule has 0 saturated carbocycles. The van der Waals surface area contributed by atoms with Gasteiger partial charge in [0.05, 0.1) is 0 Å². The predicted molar refractivity (Wildman–Crippen MR) is 51.1 cm³/mol. The molecule has 6 heteroatoms. The van der Waals surface area contributed by atoms with Crippen molar-refractivity contribution in [3.05, 3.63) is 0 Å². The van der Waals surface area contributed by atoms with E-state index in [-0.39, 0.29) is 0 Å². The van der Waals surface area contributed by atoms with E-state index in [1.165, 1.54) is 6.92 Å². The molecule has 0 aliphatic rings. The molecule has 0 fully saturated rings. The molecule has 0 aromatic heterocycles. The van der Waals surface area contributed by atoms with Gasteiger partial charge in [-0.05, 0) is 13.8 Å². The minimum atomic E-state index is -4.11. The first-order valence-electron chi connectivity index (χ1n) is 4.71. The van der Waals surface area contributed by atoms with Crippen LogP contribution in [0.15, 0.2) is 0 Å². The zero-order valence-electron chi connectivity index (χ0n) is 8.73. The molecule has 2 nitrogen and oxygen atoms in total. The van der Waals surface area contributed by atoms with Gasteiger partial charge < -0.3 is 9.47 Å². The second-order valence-corrected chi connectivity index (χ2v) is 5.38. The Balaban J connectivity index is 4.01. The van der Waals surface area contributed by atoms with Gasteiger partial charge in [0.1, 0.15) is 15.4 Å². The number of rotatable bonds is 6. The Hall–Kier alpha value is -0.0731. The Bertz CT molecular complexity index is 146. The first-order chi connectivity index (χ1) is 6.41. The lowest BCUT2D eigenvalue weighted by atomic mass is 10.5. The summed E-state index contributed by atoms with van der Waals surface area (Å²) in [5, 5.41) is 0. The van der Waals surface area contributed by atoms with Crippen LogP contribution < -0.4 is 0 Å². The molecule has 0 heterocycles. The molecular weight excluding hydrogens is 213 g/mol. The highest BCUT2D eigenvalue weighted by molar-refractivity contribution is 6.38. The lowest BCUT2D eigenvalue weighted by Gasteiger charge is -2.21. The third-order valence-electron chi connectivity index (χ3n) is 1.81. The fraction of sp³-hybridized carbons (Fsp3) is 1.00. The molecule has 0 aromatic rings. The van der Waals surface area contributed by atoms with E-state index in [0.29, 0.717) is 13.2 Å². The minimum Gasteiger partial charge on any atom is -0.357 e. The third-order valence-corrected chi connectivity index (χ3v) is 3.84. The van der Waals surface area contributed by atoms with Crippen molar-refractivity contribution in [2.45, 2.75) is 38.4 Å². The molecule has 0 aromatic carbocycles.